The van der Waals surface area contributed by atoms with Crippen molar-refractivity contribution in [1.29, 1.82) is 0 Å². The van der Waals surface area contributed by atoms with Gasteiger partial charge in [-0.05, 0) is 36.2 Å². The van der Waals surface area contributed by atoms with Gasteiger partial charge in [-0.25, -0.2) is 9.98 Å². The van der Waals surface area contributed by atoms with Gasteiger partial charge in [0.1, 0.15) is 0 Å². The molecule has 0 bridgehead atoms. The van der Waals surface area contributed by atoms with E-state index in [4.69, 9.17) is 10.5 Å². The number of aromatic nitrogens is 1. The molecule has 3 rings (SSSR count). The molecule has 0 fully saturated rings. The monoisotopic (exact) mass is 381 g/mol. The maximum atomic E-state index is 12.7. The molecule has 1 atom stereocenters. The van der Waals surface area contributed by atoms with E-state index in [2.05, 4.69) is 15.3 Å². The topological polar surface area (TPSA) is 110 Å². The van der Waals surface area contributed by atoms with E-state index in [0.29, 0.717) is 18.0 Å². The van der Waals surface area contributed by atoms with Crippen LogP contribution in [-0.4, -0.2) is 41.3 Å². The lowest BCUT2D eigenvalue weighted by molar-refractivity contribution is -0.127. The van der Waals surface area contributed by atoms with Crippen molar-refractivity contribution in [2.45, 2.75) is 25.8 Å². The fourth-order valence-corrected chi connectivity index (χ4v) is 2.82. The Morgan fingerprint density at radius 1 is 1.36 bits per heavy atom. The van der Waals surface area contributed by atoms with Crippen molar-refractivity contribution in [1.82, 2.24) is 9.88 Å². The van der Waals surface area contributed by atoms with E-state index in [9.17, 15) is 9.59 Å². The van der Waals surface area contributed by atoms with Gasteiger partial charge in [-0.1, -0.05) is 19.1 Å². The number of hydrogen-bond donors (Lipinski definition) is 2. The van der Waals surface area contributed by atoms with Crippen molar-refractivity contribution < 1.29 is 14.3 Å². The lowest BCUT2D eigenvalue weighted by Gasteiger charge is -2.25. The summed E-state index contributed by atoms with van der Waals surface area (Å²) in [6, 6.07) is 10.3. The van der Waals surface area contributed by atoms with Gasteiger partial charge in [-0.15, -0.1) is 0 Å². The van der Waals surface area contributed by atoms with Crippen LogP contribution >= 0.6 is 0 Å². The number of carbonyl (C=O) groups is 2. The Labute approximate surface area is 163 Å². The fraction of sp³-hybridized carbons (Fsp3) is 0.300. The van der Waals surface area contributed by atoms with Gasteiger partial charge in [0, 0.05) is 18.9 Å². The molecule has 0 radical (unpaired) electrons. The fourth-order valence-electron chi connectivity index (χ4n) is 2.82. The first-order valence-corrected chi connectivity index (χ1v) is 9.08. The van der Waals surface area contributed by atoms with E-state index in [1.165, 1.54) is 4.90 Å². The molecule has 1 aromatic carbocycles. The minimum atomic E-state index is -0.376. The molecule has 1 aliphatic heterocycles. The van der Waals surface area contributed by atoms with Crippen molar-refractivity contribution in [2.24, 2.45) is 10.7 Å². The van der Waals surface area contributed by atoms with Crippen molar-refractivity contribution >= 4 is 23.5 Å². The van der Waals surface area contributed by atoms with Crippen LogP contribution in [-0.2, 0) is 4.79 Å². The van der Waals surface area contributed by atoms with E-state index in [0.717, 1.165) is 12.0 Å². The molecular weight excluding hydrogens is 358 g/mol. The van der Waals surface area contributed by atoms with Crippen LogP contribution in [0.1, 0.15) is 41.9 Å². The summed E-state index contributed by atoms with van der Waals surface area (Å²) in [7, 11) is 1.60. The molecule has 8 heteroatoms. The highest BCUT2D eigenvalue weighted by Gasteiger charge is 2.26. The maximum Gasteiger partial charge on any atom is 0.278 e. The summed E-state index contributed by atoms with van der Waals surface area (Å²) < 4.78 is 5.60. The predicted octanol–water partition coefficient (Wildman–Crippen LogP) is 2.34. The molecule has 0 aliphatic carbocycles. The average molecular weight is 381 g/mol. The maximum absolute atomic E-state index is 12.7. The Morgan fingerprint density at radius 3 is 2.93 bits per heavy atom. The number of amides is 2. The minimum absolute atomic E-state index is 0.0989. The van der Waals surface area contributed by atoms with Gasteiger partial charge < -0.3 is 15.8 Å². The van der Waals surface area contributed by atoms with Crippen LogP contribution < -0.4 is 15.8 Å². The summed E-state index contributed by atoms with van der Waals surface area (Å²) in [6.45, 7) is 2.50. The van der Waals surface area contributed by atoms with Crippen LogP contribution in [0, 0.1) is 0 Å². The number of rotatable bonds is 6. The SMILES string of the molecule is CCCOc1cccnc1C(=O)Nc1cccc(C2CC(=O)N(C)C(N)=N2)c1. The molecule has 0 saturated carbocycles. The zero-order valence-electron chi connectivity index (χ0n) is 15.9. The second-order valence-corrected chi connectivity index (χ2v) is 6.44. The summed E-state index contributed by atoms with van der Waals surface area (Å²) in [4.78, 5) is 34.5. The van der Waals surface area contributed by atoms with Gasteiger partial charge >= 0.3 is 0 Å². The molecule has 2 aromatic rings. The first-order chi connectivity index (χ1) is 13.5. The van der Waals surface area contributed by atoms with Gasteiger partial charge in [-0.2, -0.15) is 0 Å². The highest BCUT2D eigenvalue weighted by atomic mass is 16.5. The molecule has 28 heavy (non-hydrogen) atoms. The Kier molecular flexibility index (Phi) is 5.88. The third-order valence-corrected chi connectivity index (χ3v) is 4.35. The number of ether oxygens (including phenoxy) is 1. The molecule has 2 heterocycles. The second-order valence-electron chi connectivity index (χ2n) is 6.44. The van der Waals surface area contributed by atoms with Crippen molar-refractivity contribution in [3.63, 3.8) is 0 Å². The first kappa shape index (κ1) is 19.3. The van der Waals surface area contributed by atoms with E-state index in [-0.39, 0.29) is 35.9 Å². The number of hydrogen-bond acceptors (Lipinski definition) is 6. The normalized spacial score (nSPS) is 16.5. The zero-order valence-corrected chi connectivity index (χ0v) is 15.9. The Morgan fingerprint density at radius 2 is 2.18 bits per heavy atom. The highest BCUT2D eigenvalue weighted by molar-refractivity contribution is 6.04. The number of nitrogens with two attached hydrogens (primary N) is 1. The van der Waals surface area contributed by atoms with Crippen molar-refractivity contribution in [3.05, 3.63) is 53.9 Å². The molecule has 0 saturated heterocycles. The molecule has 1 unspecified atom stereocenters. The molecule has 2 amide bonds. The van der Waals surface area contributed by atoms with E-state index in [1.54, 1.807) is 43.6 Å². The number of carbonyl (C=O) groups excluding carboxylic acids is 2. The second kappa shape index (κ2) is 8.51. The number of nitrogens with one attached hydrogen (secondary N) is 1. The number of aliphatic imine (C=N–C) groups is 1. The van der Waals surface area contributed by atoms with Gasteiger partial charge in [0.25, 0.3) is 5.91 Å². The quantitative estimate of drug-likeness (QED) is 0.798. The number of benzene rings is 1. The third-order valence-electron chi connectivity index (χ3n) is 4.35. The van der Waals surface area contributed by atoms with Crippen molar-refractivity contribution in [3.8, 4) is 5.75 Å². The third kappa shape index (κ3) is 4.28. The summed E-state index contributed by atoms with van der Waals surface area (Å²) in [5, 5.41) is 2.83. The molecular formula is C20H23N5O3. The summed E-state index contributed by atoms with van der Waals surface area (Å²) in [6.07, 6.45) is 2.60. The largest absolute Gasteiger partial charge is 0.491 e. The molecule has 1 aromatic heterocycles. The molecule has 146 valence electrons. The van der Waals surface area contributed by atoms with Gasteiger partial charge in [0.15, 0.2) is 17.4 Å². The van der Waals surface area contributed by atoms with Crippen LogP contribution in [0.5, 0.6) is 5.75 Å². The Bertz CT molecular complexity index is 912. The van der Waals surface area contributed by atoms with Crippen molar-refractivity contribution in [2.75, 3.05) is 19.0 Å². The summed E-state index contributed by atoms with van der Waals surface area (Å²) in [5.74, 6) is 0.155. The first-order valence-electron chi connectivity index (χ1n) is 9.08. The minimum Gasteiger partial charge on any atom is -0.491 e. The van der Waals surface area contributed by atoms with Gasteiger partial charge in [0.05, 0.1) is 19.1 Å². The Hall–Kier alpha value is -3.42. The molecule has 3 N–H and O–H groups in total. The lowest BCUT2D eigenvalue weighted by atomic mass is 10.0. The number of guanidine groups is 1. The predicted molar refractivity (Wildman–Crippen MR) is 106 cm³/mol. The number of pyridine rings is 1. The summed E-state index contributed by atoms with van der Waals surface area (Å²) in [5.41, 5.74) is 7.41. The van der Waals surface area contributed by atoms with E-state index >= 15 is 0 Å². The van der Waals surface area contributed by atoms with Gasteiger partial charge in [-0.3, -0.25) is 14.5 Å². The highest BCUT2D eigenvalue weighted by Crippen LogP contribution is 2.27. The lowest BCUT2D eigenvalue weighted by Crippen LogP contribution is -2.42. The zero-order chi connectivity index (χ0) is 20.1. The Balaban J connectivity index is 1.79. The van der Waals surface area contributed by atoms with Crippen LogP contribution in [0.15, 0.2) is 47.6 Å². The number of nitrogens with zero attached hydrogens (tertiary/aromatic N) is 3. The molecule has 0 spiro atoms. The molecule has 8 nitrogen and oxygen atoms in total. The van der Waals surface area contributed by atoms with Gasteiger partial charge in [0.2, 0.25) is 5.91 Å². The number of anilines is 1. The van der Waals surface area contributed by atoms with Crippen LogP contribution in [0.4, 0.5) is 5.69 Å². The smallest absolute Gasteiger partial charge is 0.278 e. The van der Waals surface area contributed by atoms with E-state index < -0.39 is 0 Å². The van der Waals surface area contributed by atoms with Crippen LogP contribution in [0.3, 0.4) is 0 Å². The summed E-state index contributed by atoms with van der Waals surface area (Å²) >= 11 is 0. The molecule has 1 aliphatic rings. The standard InChI is InChI=1S/C20H23N5O3/c1-3-10-28-16-8-5-9-22-18(16)19(27)23-14-7-4-6-13(11-14)15-12-17(26)25(2)20(21)24-15/h4-9,11,15H,3,10,12H2,1-2H3,(H2,21,24)(H,23,27). The van der Waals surface area contributed by atoms with Crippen LogP contribution in [0.25, 0.3) is 0 Å². The van der Waals surface area contributed by atoms with E-state index in [1.807, 2.05) is 13.0 Å². The van der Waals surface area contributed by atoms with Crippen LogP contribution in [0.2, 0.25) is 0 Å². The average Bonchev–Trinajstić information content (AvgIpc) is 2.70.